The lowest BCUT2D eigenvalue weighted by Gasteiger charge is -2.01. The van der Waals surface area contributed by atoms with Gasteiger partial charge in [-0.3, -0.25) is 4.79 Å². The van der Waals surface area contributed by atoms with E-state index >= 15 is 0 Å². The SMILES string of the molecule is C=C(C)CNC(=O)c1cc[nH]c1. The van der Waals surface area contributed by atoms with Crippen molar-refractivity contribution in [1.82, 2.24) is 10.3 Å². The van der Waals surface area contributed by atoms with Crippen LogP contribution in [0.15, 0.2) is 30.6 Å². The van der Waals surface area contributed by atoms with E-state index in [1.54, 1.807) is 18.5 Å². The van der Waals surface area contributed by atoms with Crippen LogP contribution in [0, 0.1) is 0 Å². The minimum absolute atomic E-state index is 0.0701. The molecule has 0 saturated heterocycles. The average molecular weight is 164 g/mol. The van der Waals surface area contributed by atoms with Crippen molar-refractivity contribution in [1.29, 1.82) is 0 Å². The summed E-state index contributed by atoms with van der Waals surface area (Å²) in [7, 11) is 0. The molecule has 64 valence electrons. The van der Waals surface area contributed by atoms with Gasteiger partial charge in [0.1, 0.15) is 0 Å². The van der Waals surface area contributed by atoms with E-state index in [2.05, 4.69) is 16.9 Å². The average Bonchev–Trinajstić information content (AvgIpc) is 2.51. The smallest absolute Gasteiger partial charge is 0.253 e. The summed E-state index contributed by atoms with van der Waals surface area (Å²) in [5.41, 5.74) is 1.59. The second-order valence-electron chi connectivity index (χ2n) is 2.74. The van der Waals surface area contributed by atoms with Gasteiger partial charge in [-0.1, -0.05) is 12.2 Å². The molecule has 1 rings (SSSR count). The number of hydrogen-bond donors (Lipinski definition) is 2. The van der Waals surface area contributed by atoms with Crippen LogP contribution >= 0.6 is 0 Å². The molecule has 3 nitrogen and oxygen atoms in total. The number of nitrogens with one attached hydrogen (secondary N) is 2. The maximum absolute atomic E-state index is 11.2. The summed E-state index contributed by atoms with van der Waals surface area (Å²) < 4.78 is 0. The van der Waals surface area contributed by atoms with Crippen LogP contribution in [0.25, 0.3) is 0 Å². The minimum Gasteiger partial charge on any atom is -0.367 e. The first-order valence-electron chi connectivity index (χ1n) is 3.75. The van der Waals surface area contributed by atoms with Crippen LogP contribution in [0.5, 0.6) is 0 Å². The molecule has 2 N–H and O–H groups in total. The summed E-state index contributed by atoms with van der Waals surface area (Å²) in [5, 5.41) is 2.73. The molecule has 0 fully saturated rings. The Kier molecular flexibility index (Phi) is 2.69. The third kappa shape index (κ3) is 2.27. The van der Waals surface area contributed by atoms with Crippen LogP contribution in [0.3, 0.4) is 0 Å². The van der Waals surface area contributed by atoms with Crippen molar-refractivity contribution in [3.63, 3.8) is 0 Å². The highest BCUT2D eigenvalue weighted by molar-refractivity contribution is 5.94. The molecule has 1 amide bonds. The first kappa shape index (κ1) is 8.59. The molecule has 3 heteroatoms. The van der Waals surface area contributed by atoms with E-state index < -0.39 is 0 Å². The number of H-pyrrole nitrogens is 1. The Hall–Kier alpha value is -1.51. The Labute approximate surface area is 71.5 Å². The van der Waals surface area contributed by atoms with Crippen LogP contribution < -0.4 is 5.32 Å². The Morgan fingerprint density at radius 2 is 2.50 bits per heavy atom. The standard InChI is InChI=1S/C9H12N2O/c1-7(2)5-11-9(12)8-3-4-10-6-8/h3-4,6,10H,1,5H2,2H3,(H,11,12). The number of aromatic amines is 1. The molecule has 0 aromatic carbocycles. The van der Waals surface area contributed by atoms with E-state index in [4.69, 9.17) is 0 Å². The molecule has 0 saturated carbocycles. The predicted molar refractivity (Wildman–Crippen MR) is 47.9 cm³/mol. The molecule has 1 heterocycles. The van der Waals surface area contributed by atoms with Crippen LogP contribution in [-0.2, 0) is 0 Å². The summed E-state index contributed by atoms with van der Waals surface area (Å²) in [6.45, 7) is 6.09. The lowest BCUT2D eigenvalue weighted by molar-refractivity contribution is 0.0957. The van der Waals surface area contributed by atoms with Gasteiger partial charge in [0, 0.05) is 18.9 Å². The van der Waals surface area contributed by atoms with Gasteiger partial charge in [0.2, 0.25) is 0 Å². The number of carbonyl (C=O) groups is 1. The lowest BCUT2D eigenvalue weighted by atomic mass is 10.3. The van der Waals surface area contributed by atoms with Gasteiger partial charge in [0.05, 0.1) is 5.56 Å². The highest BCUT2D eigenvalue weighted by Crippen LogP contribution is 1.95. The predicted octanol–water partition coefficient (Wildman–Crippen LogP) is 1.32. The molecule has 0 spiro atoms. The van der Waals surface area contributed by atoms with E-state index in [1.165, 1.54) is 0 Å². The van der Waals surface area contributed by atoms with Crippen molar-refractivity contribution in [2.75, 3.05) is 6.54 Å². The fourth-order valence-corrected chi connectivity index (χ4v) is 0.798. The maximum atomic E-state index is 11.2. The molecule has 1 aromatic heterocycles. The van der Waals surface area contributed by atoms with E-state index in [0.717, 1.165) is 5.57 Å². The first-order valence-corrected chi connectivity index (χ1v) is 3.75. The molecule has 0 aliphatic carbocycles. The zero-order valence-corrected chi connectivity index (χ0v) is 7.05. The third-order valence-corrected chi connectivity index (χ3v) is 1.41. The highest BCUT2D eigenvalue weighted by atomic mass is 16.1. The largest absolute Gasteiger partial charge is 0.367 e. The summed E-state index contributed by atoms with van der Waals surface area (Å²) in [6.07, 6.45) is 3.38. The monoisotopic (exact) mass is 164 g/mol. The van der Waals surface area contributed by atoms with Gasteiger partial charge < -0.3 is 10.3 Å². The van der Waals surface area contributed by atoms with Crippen molar-refractivity contribution < 1.29 is 4.79 Å². The quantitative estimate of drug-likeness (QED) is 0.650. The molecule has 0 unspecified atom stereocenters. The summed E-state index contributed by atoms with van der Waals surface area (Å²) in [5.74, 6) is -0.0701. The van der Waals surface area contributed by atoms with Crippen molar-refractivity contribution in [3.8, 4) is 0 Å². The van der Waals surface area contributed by atoms with Crippen molar-refractivity contribution in [2.24, 2.45) is 0 Å². The van der Waals surface area contributed by atoms with Crippen molar-refractivity contribution >= 4 is 5.91 Å². The zero-order valence-electron chi connectivity index (χ0n) is 7.05. The molecular formula is C9H12N2O. The number of amides is 1. The third-order valence-electron chi connectivity index (χ3n) is 1.41. The second-order valence-corrected chi connectivity index (χ2v) is 2.74. The lowest BCUT2D eigenvalue weighted by Crippen LogP contribution is -2.24. The molecule has 1 aromatic rings. The molecule has 12 heavy (non-hydrogen) atoms. The Morgan fingerprint density at radius 1 is 1.75 bits per heavy atom. The van der Waals surface area contributed by atoms with Gasteiger partial charge in [-0.25, -0.2) is 0 Å². The number of hydrogen-bond acceptors (Lipinski definition) is 1. The normalized spacial score (nSPS) is 9.42. The highest BCUT2D eigenvalue weighted by Gasteiger charge is 2.03. The van der Waals surface area contributed by atoms with E-state index in [1.807, 2.05) is 6.92 Å². The number of carbonyl (C=O) groups excluding carboxylic acids is 1. The molecule has 0 radical (unpaired) electrons. The fourth-order valence-electron chi connectivity index (χ4n) is 0.798. The van der Waals surface area contributed by atoms with Gasteiger partial charge in [-0.05, 0) is 13.0 Å². The topological polar surface area (TPSA) is 44.9 Å². The second kappa shape index (κ2) is 3.76. The Balaban J connectivity index is 2.45. The van der Waals surface area contributed by atoms with Crippen LogP contribution in [-0.4, -0.2) is 17.4 Å². The van der Waals surface area contributed by atoms with Gasteiger partial charge >= 0.3 is 0 Å². The Morgan fingerprint density at radius 3 is 3.00 bits per heavy atom. The molecule has 0 bridgehead atoms. The Bertz CT molecular complexity index is 275. The zero-order chi connectivity index (χ0) is 8.97. The number of rotatable bonds is 3. The van der Waals surface area contributed by atoms with Gasteiger partial charge in [-0.15, -0.1) is 0 Å². The van der Waals surface area contributed by atoms with Crippen molar-refractivity contribution in [3.05, 3.63) is 36.2 Å². The van der Waals surface area contributed by atoms with Gasteiger partial charge in [0.25, 0.3) is 5.91 Å². The van der Waals surface area contributed by atoms with E-state index in [-0.39, 0.29) is 5.91 Å². The van der Waals surface area contributed by atoms with E-state index in [9.17, 15) is 4.79 Å². The molecule has 0 aliphatic heterocycles. The first-order chi connectivity index (χ1) is 5.70. The van der Waals surface area contributed by atoms with Crippen LogP contribution in [0.4, 0.5) is 0 Å². The molecular weight excluding hydrogens is 152 g/mol. The molecule has 0 aliphatic rings. The van der Waals surface area contributed by atoms with E-state index in [0.29, 0.717) is 12.1 Å². The van der Waals surface area contributed by atoms with Crippen LogP contribution in [0.2, 0.25) is 0 Å². The van der Waals surface area contributed by atoms with Gasteiger partial charge in [-0.2, -0.15) is 0 Å². The molecule has 0 atom stereocenters. The van der Waals surface area contributed by atoms with Crippen LogP contribution in [0.1, 0.15) is 17.3 Å². The van der Waals surface area contributed by atoms with Gasteiger partial charge in [0.15, 0.2) is 0 Å². The minimum atomic E-state index is -0.0701. The fraction of sp³-hybridized carbons (Fsp3) is 0.222. The summed E-state index contributed by atoms with van der Waals surface area (Å²) in [4.78, 5) is 14.1. The summed E-state index contributed by atoms with van der Waals surface area (Å²) in [6, 6.07) is 1.73. The number of aromatic nitrogens is 1. The van der Waals surface area contributed by atoms with Crippen molar-refractivity contribution in [2.45, 2.75) is 6.92 Å². The summed E-state index contributed by atoms with van der Waals surface area (Å²) >= 11 is 0. The maximum Gasteiger partial charge on any atom is 0.253 e.